The second-order valence-corrected chi connectivity index (χ2v) is 1.70. The number of rotatable bonds is 0. The Balaban J connectivity index is 0. The van der Waals surface area contributed by atoms with Crippen LogP contribution < -0.4 is 0 Å². The third-order valence-corrected chi connectivity index (χ3v) is 0.346. The van der Waals surface area contributed by atoms with Crippen LogP contribution in [0.3, 0.4) is 0 Å². The van der Waals surface area contributed by atoms with Crippen molar-refractivity contribution in [3.63, 3.8) is 0 Å². The summed E-state index contributed by atoms with van der Waals surface area (Å²) >= 11 is 0. The third-order valence-electron chi connectivity index (χ3n) is 0.115. The molecule has 34 valence electrons. The van der Waals surface area contributed by atoms with Crippen LogP contribution in [-0.2, 0) is 10.1 Å². The van der Waals surface area contributed by atoms with Crippen LogP contribution in [0.15, 0.2) is 0 Å². The molecule has 0 aromatic heterocycles. The summed E-state index contributed by atoms with van der Waals surface area (Å²) in [6.45, 7) is 0. The summed E-state index contributed by atoms with van der Waals surface area (Å²) in [4.78, 5) is 0. The van der Waals surface area contributed by atoms with E-state index in [1.165, 1.54) is 0 Å². The maximum absolute atomic E-state index is 9.19. The number of thiocyanates is 1. The predicted octanol–water partition coefficient (Wildman–Crippen LogP) is -1.03. The molecule has 0 radical (unpaired) electrons. The molecule has 0 atom stereocenters. The summed E-state index contributed by atoms with van der Waals surface area (Å²) in [5, 5.41) is 7.95. The van der Waals surface area contributed by atoms with Crippen LogP contribution in [0.25, 0.3) is 0 Å². The van der Waals surface area contributed by atoms with Crippen LogP contribution >= 0.6 is 0 Å². The van der Waals surface area contributed by atoms with Gasteiger partial charge in [-0.25, -0.2) is 0 Å². The average Bonchev–Trinajstić information content (AvgIpc) is 1.35. The molecule has 0 aliphatic carbocycles. The summed E-state index contributed by atoms with van der Waals surface area (Å²) in [5.74, 6) is 0. The third kappa shape index (κ3) is 10.8. The van der Waals surface area contributed by atoms with Gasteiger partial charge in [0.1, 0.15) is 0 Å². The Morgan fingerprint density at radius 1 is 1.57 bits per heavy atom. The van der Waals surface area contributed by atoms with Gasteiger partial charge < -0.3 is 0 Å². The topological polar surface area (TPSA) is 78.2 Å². The Kier molecular flexibility index (Phi) is 5.51. The van der Waals surface area contributed by atoms with Crippen LogP contribution in [0.4, 0.5) is 0 Å². The van der Waals surface area contributed by atoms with Gasteiger partial charge in [-0.3, -0.25) is 4.55 Å². The smallest absolute Gasteiger partial charge is 0.274 e. The molecule has 0 aromatic rings. The molecule has 0 saturated heterocycles. The molecule has 0 spiro atoms. The minimum Gasteiger partial charge on any atom is -0.274 e. The second-order valence-electron chi connectivity index (χ2n) is 0.566. The molecule has 0 saturated carbocycles. The van der Waals surface area contributed by atoms with Gasteiger partial charge in [-0.05, 0) is 0 Å². The summed E-state index contributed by atoms with van der Waals surface area (Å²) in [5.41, 5.74) is 0. The minimum absolute atomic E-state index is 0. The summed E-state index contributed by atoms with van der Waals surface area (Å²) in [6.07, 6.45) is 0. The van der Waals surface area contributed by atoms with Crippen LogP contribution in [0.5, 0.6) is 0 Å². The zero-order chi connectivity index (χ0) is 5.21. The quantitative estimate of drug-likeness (QED) is 0.206. The predicted molar refractivity (Wildman–Crippen MR) is 22.9 cm³/mol. The van der Waals surface area contributed by atoms with E-state index in [1.807, 2.05) is 0 Å². The monoisotopic (exact) mass is 147 g/mol. The number of hydrogen-bond acceptors (Lipinski definition) is 3. The maximum atomic E-state index is 9.19. The van der Waals surface area contributed by atoms with Gasteiger partial charge in [0.25, 0.3) is 0 Å². The molecule has 0 unspecified atom stereocenters. The summed E-state index contributed by atoms with van der Waals surface area (Å²) < 4.78 is 25.8. The van der Waals surface area contributed by atoms with E-state index in [2.05, 4.69) is 0 Å². The molecule has 0 bridgehead atoms. The largest absolute Gasteiger partial charge is 2.00 e. The van der Waals surface area contributed by atoms with Crippen LogP contribution in [0.2, 0.25) is 0 Å². The normalized spacial score (nSPS) is 8.57. The molecule has 0 aromatic carbocycles. The first-order valence-corrected chi connectivity index (χ1v) is 2.38. The van der Waals surface area contributed by atoms with Crippen molar-refractivity contribution in [3.05, 3.63) is 0 Å². The molecule has 0 rings (SSSR count). The number of hydrogen-bond donors (Lipinski definition) is 1. The molecule has 1 N–H and O–H groups in total. The average molecular weight is 147 g/mol. The second kappa shape index (κ2) is 3.64. The van der Waals surface area contributed by atoms with Crippen molar-refractivity contribution in [2.75, 3.05) is 0 Å². The van der Waals surface area contributed by atoms with Gasteiger partial charge >= 0.3 is 47.9 Å². The van der Waals surface area contributed by atoms with E-state index in [0.29, 0.717) is 5.40 Å². The van der Waals surface area contributed by atoms with E-state index < -0.39 is 10.1 Å². The fourth-order valence-electron chi connectivity index (χ4n) is 0. The molecule has 0 heterocycles. The van der Waals surface area contributed by atoms with Crippen molar-refractivity contribution < 1.29 is 13.0 Å². The van der Waals surface area contributed by atoms with Gasteiger partial charge in [-0.2, -0.15) is 13.7 Å². The van der Waals surface area contributed by atoms with Crippen molar-refractivity contribution in [1.29, 1.82) is 5.26 Å². The van der Waals surface area contributed by atoms with Gasteiger partial charge in [0, 0.05) is 0 Å². The summed E-state index contributed by atoms with van der Waals surface area (Å²) in [7, 11) is -4.36. The van der Waals surface area contributed by atoms with Crippen molar-refractivity contribution in [1.82, 2.24) is 0 Å². The molecule has 6 heteroatoms. The molecule has 0 aliphatic heterocycles. The van der Waals surface area contributed by atoms with E-state index >= 15 is 0 Å². The molecule has 7 heavy (non-hydrogen) atoms. The van der Waals surface area contributed by atoms with Crippen molar-refractivity contribution in [3.8, 4) is 5.40 Å². The molecule has 0 aliphatic rings. The zero-order valence-corrected chi connectivity index (χ0v) is 6.35. The van der Waals surface area contributed by atoms with E-state index in [4.69, 9.17) is 9.81 Å². The van der Waals surface area contributed by atoms with Crippen molar-refractivity contribution in [2.24, 2.45) is 0 Å². The Morgan fingerprint density at radius 3 is 1.71 bits per heavy atom. The van der Waals surface area contributed by atoms with E-state index in [-0.39, 0.29) is 37.7 Å². The molecule has 0 fully saturated rings. The van der Waals surface area contributed by atoms with Crippen LogP contribution in [0.1, 0.15) is 0 Å². The van der Waals surface area contributed by atoms with Crippen molar-refractivity contribution in [2.45, 2.75) is 0 Å². The minimum atomic E-state index is -4.36. The SMILES string of the molecule is N#CS(=O)(=O)O.[Ca+2]. The van der Waals surface area contributed by atoms with Gasteiger partial charge in [0.2, 0.25) is 5.40 Å². The summed E-state index contributed by atoms with van der Waals surface area (Å²) in [6, 6.07) is 0. The van der Waals surface area contributed by atoms with Crippen molar-refractivity contribution >= 4 is 47.9 Å². The number of nitriles is 1. The molecule has 4 nitrogen and oxygen atoms in total. The fraction of sp³-hybridized carbons (Fsp3) is 0. The fourth-order valence-corrected chi connectivity index (χ4v) is 0. The Hall–Kier alpha value is 0.660. The zero-order valence-electron chi connectivity index (χ0n) is 3.33. The Labute approximate surface area is 70.9 Å². The van der Waals surface area contributed by atoms with Crippen LogP contribution in [0, 0.1) is 10.7 Å². The number of nitrogens with zero attached hydrogens (tertiary/aromatic N) is 1. The molecule has 0 amide bonds. The maximum Gasteiger partial charge on any atom is 2.00 e. The van der Waals surface area contributed by atoms with Crippen LogP contribution in [-0.4, -0.2) is 50.7 Å². The van der Waals surface area contributed by atoms with Gasteiger partial charge in [0.05, 0.1) is 0 Å². The first-order valence-electron chi connectivity index (χ1n) is 0.944. The molecular weight excluding hydrogens is 146 g/mol. The Morgan fingerprint density at radius 2 is 1.71 bits per heavy atom. The first kappa shape index (κ1) is 10.6. The molecular formula is CHCaNO3S+2. The van der Waals surface area contributed by atoms with E-state index in [1.54, 1.807) is 0 Å². The standard InChI is InChI=1S/CHNO3S.Ca/c2-1-6(3,4)5;/h(H,3,4,5);/q;+2. The first-order chi connectivity index (χ1) is 2.56. The van der Waals surface area contributed by atoms with Gasteiger partial charge in [-0.1, -0.05) is 0 Å². The van der Waals surface area contributed by atoms with Gasteiger partial charge in [0.15, 0.2) is 0 Å². The Bertz CT molecular complexity index is 164. The van der Waals surface area contributed by atoms with E-state index in [0.717, 1.165) is 0 Å². The van der Waals surface area contributed by atoms with Gasteiger partial charge in [-0.15, -0.1) is 0 Å². The van der Waals surface area contributed by atoms with E-state index in [9.17, 15) is 8.42 Å².